The number of nitriles is 1. The third-order valence-electron chi connectivity index (χ3n) is 5.26. The Morgan fingerprint density at radius 2 is 1.97 bits per heavy atom. The van der Waals surface area contributed by atoms with Crippen LogP contribution in [0.5, 0.6) is 0 Å². The monoisotopic (exact) mass is 540 g/mol. The van der Waals surface area contributed by atoms with Gasteiger partial charge in [0.05, 0.1) is 11.7 Å². The third kappa shape index (κ3) is 5.15. The van der Waals surface area contributed by atoms with Crippen LogP contribution in [0, 0.1) is 17.1 Å². The number of fused-ring (bicyclic) bond motifs is 1. The molecule has 0 saturated heterocycles. The number of aromatic nitrogens is 2. The summed E-state index contributed by atoms with van der Waals surface area (Å²) in [6.07, 6.45) is 0.0848. The van der Waals surface area contributed by atoms with Crippen LogP contribution in [0.25, 0.3) is 22.2 Å². The van der Waals surface area contributed by atoms with Gasteiger partial charge < -0.3 is 9.08 Å². The summed E-state index contributed by atoms with van der Waals surface area (Å²) in [7, 11) is 0. The van der Waals surface area contributed by atoms with Gasteiger partial charge in [0.15, 0.2) is 5.58 Å². The van der Waals surface area contributed by atoms with Crippen molar-refractivity contribution in [3.05, 3.63) is 81.8 Å². The molecule has 0 aliphatic carbocycles. The van der Waals surface area contributed by atoms with Crippen LogP contribution in [0.2, 0.25) is 0 Å². The van der Waals surface area contributed by atoms with Crippen molar-refractivity contribution in [1.29, 1.82) is 5.26 Å². The summed E-state index contributed by atoms with van der Waals surface area (Å²) < 4.78 is 36.8. The molecule has 2 heterocycles. The number of rotatable bonds is 6. The topological polar surface area (TPSA) is 97.8 Å². The van der Waals surface area contributed by atoms with Gasteiger partial charge in [0.25, 0.3) is 0 Å². The molecule has 1 N–H and O–H groups in total. The van der Waals surface area contributed by atoms with Crippen molar-refractivity contribution in [2.75, 3.05) is 0 Å². The average molecular weight is 541 g/mol. The van der Waals surface area contributed by atoms with Crippen LogP contribution in [0.3, 0.4) is 0 Å². The average Bonchev–Trinajstić information content (AvgIpc) is 3.22. The summed E-state index contributed by atoms with van der Waals surface area (Å²) in [5.41, 5.74) is 3.02. The van der Waals surface area contributed by atoms with Crippen molar-refractivity contribution in [1.82, 2.24) is 14.9 Å². The van der Waals surface area contributed by atoms with Crippen LogP contribution >= 0.6 is 15.9 Å². The maximum Gasteiger partial charge on any atom is 0.168 e. The smallest absolute Gasteiger partial charge is 0.168 e. The Bertz CT molecular complexity index is 1380. The summed E-state index contributed by atoms with van der Waals surface area (Å²) >= 11 is 1.98. The van der Waals surface area contributed by atoms with E-state index in [1.807, 2.05) is 69.3 Å². The third-order valence-corrected chi connectivity index (χ3v) is 7.37. The molecular weight excluding hydrogens is 519 g/mol. The van der Waals surface area contributed by atoms with Crippen molar-refractivity contribution in [2.45, 2.75) is 38.0 Å². The van der Waals surface area contributed by atoms with Gasteiger partial charge in [0, 0.05) is 33.2 Å². The Labute approximate surface area is 208 Å². The molecule has 2 aromatic heterocycles. The summed E-state index contributed by atoms with van der Waals surface area (Å²) in [6.45, 7) is 5.58. The molecule has 1 unspecified atom stereocenters. The second-order valence-corrected chi connectivity index (χ2v) is 11.7. The van der Waals surface area contributed by atoms with Crippen molar-refractivity contribution >= 4 is 38.3 Å². The molecule has 4 rings (SSSR count). The highest BCUT2D eigenvalue weighted by Gasteiger charge is 2.32. The molecule has 0 saturated carbocycles. The number of nitrogens with one attached hydrogen (secondary N) is 1. The van der Waals surface area contributed by atoms with E-state index in [0.29, 0.717) is 11.3 Å². The van der Waals surface area contributed by atoms with Crippen LogP contribution < -0.4 is 4.72 Å². The van der Waals surface area contributed by atoms with E-state index in [0.717, 1.165) is 21.0 Å². The molecule has 2 aromatic carbocycles. The van der Waals surface area contributed by atoms with E-state index in [2.05, 4.69) is 30.8 Å². The van der Waals surface area contributed by atoms with Crippen LogP contribution in [-0.2, 0) is 17.8 Å². The highest BCUT2D eigenvalue weighted by Crippen LogP contribution is 2.36. The molecule has 6 nitrogen and oxygen atoms in total. The zero-order valence-corrected chi connectivity index (χ0v) is 21.2. The fraction of sp³-hybridized carbons (Fsp3) is 0.240. The SMILES string of the molecule is CC(C)(C)[S@+]([O-])NC(Cc1nc(C#N)ccc1F)c1ccccc1-c1noc2cc(Br)ccc12. The zero-order chi connectivity index (χ0) is 24.5. The normalized spacial score (nSPS) is 13.6. The maximum atomic E-state index is 14.7. The molecule has 0 aliphatic heterocycles. The molecule has 0 fully saturated rings. The molecule has 4 aromatic rings. The lowest BCUT2D eigenvalue weighted by atomic mass is 9.94. The van der Waals surface area contributed by atoms with E-state index in [4.69, 9.17) is 4.52 Å². The highest BCUT2D eigenvalue weighted by molar-refractivity contribution is 9.10. The molecule has 0 aliphatic rings. The van der Waals surface area contributed by atoms with Crippen LogP contribution in [0.4, 0.5) is 4.39 Å². The fourth-order valence-corrected chi connectivity index (χ4v) is 4.69. The van der Waals surface area contributed by atoms with Gasteiger partial charge in [-0.05, 0) is 56.7 Å². The first-order valence-electron chi connectivity index (χ1n) is 10.5. The minimum Gasteiger partial charge on any atom is -0.598 e. The standard InChI is InChI=1S/C25H22BrFN4O2S/c1-25(2,3)34(32)31-21(13-22-20(27)11-9-16(14-28)29-22)17-6-4-5-7-18(17)24-19-10-8-15(26)12-23(19)33-30-24/h4-12,21,31H,13H2,1-3H3/t21?,34-/m0/s1. The van der Waals surface area contributed by atoms with E-state index in [1.54, 1.807) is 0 Å². The molecule has 9 heteroatoms. The van der Waals surface area contributed by atoms with Crippen molar-refractivity contribution in [2.24, 2.45) is 0 Å². The van der Waals surface area contributed by atoms with Gasteiger partial charge in [-0.15, -0.1) is 4.72 Å². The van der Waals surface area contributed by atoms with Crippen LogP contribution in [-0.4, -0.2) is 19.4 Å². The molecule has 174 valence electrons. The lowest BCUT2D eigenvalue weighted by Crippen LogP contribution is -2.42. The lowest BCUT2D eigenvalue weighted by Gasteiger charge is -2.29. The number of pyridine rings is 1. The quantitative estimate of drug-likeness (QED) is 0.301. The Balaban J connectivity index is 1.83. The van der Waals surface area contributed by atoms with Gasteiger partial charge in [-0.3, -0.25) is 0 Å². The number of benzene rings is 2. The highest BCUT2D eigenvalue weighted by atomic mass is 79.9. The summed E-state index contributed by atoms with van der Waals surface area (Å²) in [5.74, 6) is -0.526. The van der Waals surface area contributed by atoms with Gasteiger partial charge in [0.1, 0.15) is 28.0 Å². The van der Waals surface area contributed by atoms with Crippen molar-refractivity contribution in [3.8, 4) is 17.3 Å². The first-order valence-corrected chi connectivity index (χ1v) is 12.5. The van der Waals surface area contributed by atoms with Crippen LogP contribution in [0.1, 0.15) is 43.8 Å². The predicted octanol–water partition coefficient (Wildman–Crippen LogP) is 6.00. The van der Waals surface area contributed by atoms with Crippen molar-refractivity contribution < 1.29 is 13.5 Å². The first kappa shape index (κ1) is 24.4. The van der Waals surface area contributed by atoms with Crippen LogP contribution in [0.15, 0.2) is 63.6 Å². The second kappa shape index (κ2) is 9.84. The molecule has 0 radical (unpaired) electrons. The first-order chi connectivity index (χ1) is 16.2. The van der Waals surface area contributed by atoms with Gasteiger partial charge in [-0.1, -0.05) is 45.4 Å². The number of nitrogens with zero attached hydrogens (tertiary/aromatic N) is 3. The lowest BCUT2D eigenvalue weighted by molar-refractivity contribution is 0.459. The van der Waals surface area contributed by atoms with Crippen molar-refractivity contribution in [3.63, 3.8) is 0 Å². The second-order valence-electron chi connectivity index (χ2n) is 8.75. The number of halogens is 2. The molecule has 0 bridgehead atoms. The molecule has 34 heavy (non-hydrogen) atoms. The number of hydrogen-bond donors (Lipinski definition) is 1. The number of hydrogen-bond acceptors (Lipinski definition) is 6. The van der Waals surface area contributed by atoms with E-state index in [1.165, 1.54) is 12.1 Å². The minimum absolute atomic E-state index is 0.0848. The van der Waals surface area contributed by atoms with E-state index in [9.17, 15) is 14.2 Å². The zero-order valence-electron chi connectivity index (χ0n) is 18.8. The fourth-order valence-electron chi connectivity index (χ4n) is 3.53. The summed E-state index contributed by atoms with van der Waals surface area (Å²) in [5, 5.41) is 14.3. The minimum atomic E-state index is -1.46. The van der Waals surface area contributed by atoms with Gasteiger partial charge in [-0.2, -0.15) is 5.26 Å². The Morgan fingerprint density at radius 3 is 2.71 bits per heavy atom. The predicted molar refractivity (Wildman–Crippen MR) is 134 cm³/mol. The summed E-state index contributed by atoms with van der Waals surface area (Å²) in [4.78, 5) is 4.16. The molecular formula is C25H22BrFN4O2S. The van der Waals surface area contributed by atoms with E-state index in [-0.39, 0.29) is 17.8 Å². The largest absolute Gasteiger partial charge is 0.598 e. The van der Waals surface area contributed by atoms with E-state index < -0.39 is 28.0 Å². The Hall–Kier alpha value is -2.77. The van der Waals surface area contributed by atoms with Gasteiger partial charge in [-0.25, -0.2) is 9.37 Å². The van der Waals surface area contributed by atoms with Gasteiger partial charge >= 0.3 is 0 Å². The molecule has 0 spiro atoms. The summed E-state index contributed by atoms with van der Waals surface area (Å²) in [6, 6.07) is 17.1. The Kier molecular flexibility index (Phi) is 7.05. The van der Waals surface area contributed by atoms with E-state index >= 15 is 0 Å². The maximum absolute atomic E-state index is 14.7. The Morgan fingerprint density at radius 1 is 1.21 bits per heavy atom. The molecule has 0 amide bonds. The van der Waals surface area contributed by atoms with Gasteiger partial charge in [0.2, 0.25) is 0 Å². The molecule has 2 atom stereocenters.